The van der Waals surface area contributed by atoms with Crippen LogP contribution in [-0.4, -0.2) is 87.4 Å². The molecule has 12 heteroatoms. The van der Waals surface area contributed by atoms with Crippen molar-refractivity contribution in [1.29, 1.82) is 0 Å². The van der Waals surface area contributed by atoms with Crippen molar-refractivity contribution in [3.8, 4) is 0 Å². The Morgan fingerprint density at radius 3 is 2.41 bits per heavy atom. The van der Waals surface area contributed by atoms with Crippen molar-refractivity contribution in [3.05, 3.63) is 65.6 Å². The van der Waals surface area contributed by atoms with Gasteiger partial charge in [0.15, 0.2) is 0 Å². The number of fused-ring (bicyclic) bond motifs is 1. The van der Waals surface area contributed by atoms with E-state index in [2.05, 4.69) is 5.32 Å². The molecule has 3 atom stereocenters. The highest BCUT2D eigenvalue weighted by molar-refractivity contribution is 6.62. The maximum absolute atomic E-state index is 15.0. The van der Waals surface area contributed by atoms with E-state index in [1.165, 1.54) is 6.07 Å². The first kappa shape index (κ1) is 36.8. The van der Waals surface area contributed by atoms with Crippen LogP contribution in [0.25, 0.3) is 10.9 Å². The van der Waals surface area contributed by atoms with Gasteiger partial charge in [-0.2, -0.15) is 0 Å². The lowest BCUT2D eigenvalue weighted by Crippen LogP contribution is -2.46. The number of halogens is 1. The Balaban J connectivity index is 1.32. The van der Waals surface area contributed by atoms with Crippen molar-refractivity contribution < 1.29 is 38.2 Å². The van der Waals surface area contributed by atoms with Crippen LogP contribution in [-0.2, 0) is 31.8 Å². The molecule has 0 radical (unpaired) electrons. The van der Waals surface area contributed by atoms with Gasteiger partial charge in [0.05, 0.1) is 36.0 Å². The fourth-order valence-corrected chi connectivity index (χ4v) is 6.61. The van der Waals surface area contributed by atoms with Gasteiger partial charge in [0, 0.05) is 42.6 Å². The Morgan fingerprint density at radius 1 is 1.10 bits per heavy atom. The third-order valence-electron chi connectivity index (χ3n) is 9.83. The fraction of sp³-hybridized carbons (Fsp3) is 0.568. The van der Waals surface area contributed by atoms with Gasteiger partial charge in [-0.25, -0.2) is 9.18 Å². The minimum absolute atomic E-state index is 0.0376. The smallest absolute Gasteiger partial charge is 0.444 e. The normalized spacial score (nSPS) is 20.3. The van der Waals surface area contributed by atoms with Crippen LogP contribution in [0.1, 0.15) is 84.9 Å². The zero-order chi connectivity index (χ0) is 35.7. The van der Waals surface area contributed by atoms with E-state index in [9.17, 15) is 24.2 Å². The first-order chi connectivity index (χ1) is 23.0. The molecular formula is C37H51BFN3O7. The van der Waals surface area contributed by atoms with E-state index >= 15 is 0 Å². The largest absolute Gasteiger partial charge is 0.494 e. The maximum atomic E-state index is 15.0. The number of benzene rings is 2. The van der Waals surface area contributed by atoms with Gasteiger partial charge >= 0.3 is 13.2 Å². The van der Waals surface area contributed by atoms with E-state index in [0.29, 0.717) is 30.4 Å². The van der Waals surface area contributed by atoms with Gasteiger partial charge in [-0.1, -0.05) is 36.4 Å². The molecule has 0 saturated carbocycles. The van der Waals surface area contributed by atoms with Crippen LogP contribution in [0.2, 0.25) is 0 Å². The van der Waals surface area contributed by atoms with Crippen molar-refractivity contribution in [2.24, 2.45) is 0 Å². The molecule has 2 aliphatic heterocycles. The second kappa shape index (κ2) is 14.4. The lowest BCUT2D eigenvalue weighted by molar-refractivity contribution is -0.132. The Morgan fingerprint density at radius 2 is 1.78 bits per heavy atom. The van der Waals surface area contributed by atoms with E-state index in [-0.39, 0.29) is 24.8 Å². The molecule has 1 aromatic heterocycles. The molecule has 2 saturated heterocycles. The molecule has 2 amide bonds. The number of carbonyl (C=O) groups excluding carboxylic acids is 2. The van der Waals surface area contributed by atoms with Crippen LogP contribution in [0.15, 0.2) is 48.5 Å². The number of amides is 2. The van der Waals surface area contributed by atoms with Crippen LogP contribution in [0, 0.1) is 5.82 Å². The Bertz CT molecular complexity index is 1620. The number of alkyl carbamates (subject to hydrolysis) is 1. The third-order valence-corrected chi connectivity index (χ3v) is 9.83. The Labute approximate surface area is 289 Å². The number of rotatable bonds is 10. The molecule has 3 heterocycles. The highest BCUT2D eigenvalue weighted by Crippen LogP contribution is 2.37. The van der Waals surface area contributed by atoms with E-state index in [1.54, 1.807) is 36.3 Å². The lowest BCUT2D eigenvalue weighted by atomic mass is 9.78. The van der Waals surface area contributed by atoms with E-state index in [1.807, 2.05) is 64.1 Å². The molecule has 5 rings (SSSR count). The lowest BCUT2D eigenvalue weighted by Gasteiger charge is -2.34. The number of hydrogen-bond donors (Lipinski definition) is 3. The topological polar surface area (TPSA) is 122 Å². The number of aliphatic hydroxyl groups excluding tert-OH is 2. The summed E-state index contributed by atoms with van der Waals surface area (Å²) < 4.78 is 34.7. The molecular weight excluding hydrogens is 628 g/mol. The van der Waals surface area contributed by atoms with Crippen LogP contribution in [0.4, 0.5) is 9.18 Å². The number of ether oxygens (including phenoxy) is 1. The van der Waals surface area contributed by atoms with Crippen LogP contribution >= 0.6 is 0 Å². The molecule has 3 N–H and O–H groups in total. The molecule has 3 aromatic rings. The predicted octanol–water partition coefficient (Wildman–Crippen LogP) is 4.66. The standard InChI is InChI=1S/C37H51BFN3O7/c1-35(2,3)47-34(46)40-28(18-24-13-15-27(16-14-24)38-48-36(4,5)37(6,7)49-38)20-32(45)41-17-9-11-26(21-41)31-19-25-10-8-12-30(39)33(25)42(31)22-29(44)23-43/h8,10,12-16,19,26,28-29,43-44H,9,11,17-18,20-23H2,1-7H3,(H,40,46)/t26?,28-,29+/m1/s1. The van der Waals surface area contributed by atoms with Gasteiger partial charge in [0.1, 0.15) is 11.4 Å². The summed E-state index contributed by atoms with van der Waals surface area (Å²) in [5.41, 5.74) is 1.39. The van der Waals surface area contributed by atoms with Crippen LogP contribution in [0.5, 0.6) is 0 Å². The zero-order valence-corrected chi connectivity index (χ0v) is 29.8. The number of aliphatic hydroxyl groups is 2. The van der Waals surface area contributed by atoms with Crippen molar-refractivity contribution in [2.75, 3.05) is 19.7 Å². The highest BCUT2D eigenvalue weighted by Gasteiger charge is 2.51. The number of nitrogens with zero attached hydrogens (tertiary/aromatic N) is 2. The second-order valence-corrected chi connectivity index (χ2v) is 15.5. The summed E-state index contributed by atoms with van der Waals surface area (Å²) in [6, 6.07) is 14.1. The molecule has 2 aliphatic rings. The summed E-state index contributed by atoms with van der Waals surface area (Å²) in [5, 5.41) is 23.5. The van der Waals surface area contributed by atoms with Gasteiger partial charge in [-0.3, -0.25) is 4.79 Å². The number of likely N-dealkylation sites (tertiary alicyclic amines) is 1. The van der Waals surface area contributed by atoms with E-state index < -0.39 is 54.6 Å². The number of para-hydroxylation sites is 1. The van der Waals surface area contributed by atoms with Gasteiger partial charge in [0.2, 0.25) is 5.91 Å². The Hall–Kier alpha value is -3.45. The summed E-state index contributed by atoms with van der Waals surface area (Å²) >= 11 is 0. The summed E-state index contributed by atoms with van der Waals surface area (Å²) in [4.78, 5) is 28.6. The summed E-state index contributed by atoms with van der Waals surface area (Å²) in [6.45, 7) is 14.0. The molecule has 0 aliphatic carbocycles. The molecule has 266 valence electrons. The number of piperidine rings is 1. The zero-order valence-electron chi connectivity index (χ0n) is 29.8. The maximum Gasteiger partial charge on any atom is 0.494 e. The van der Waals surface area contributed by atoms with Crippen LogP contribution in [0.3, 0.4) is 0 Å². The van der Waals surface area contributed by atoms with Gasteiger partial charge in [-0.05, 0) is 90.9 Å². The van der Waals surface area contributed by atoms with Crippen LogP contribution < -0.4 is 10.8 Å². The number of aromatic nitrogens is 1. The van der Waals surface area contributed by atoms with Crippen molar-refractivity contribution in [2.45, 2.75) is 116 Å². The number of nitrogens with one attached hydrogen (secondary N) is 1. The summed E-state index contributed by atoms with van der Waals surface area (Å²) in [5.74, 6) is -0.614. The molecule has 10 nitrogen and oxygen atoms in total. The molecule has 49 heavy (non-hydrogen) atoms. The minimum Gasteiger partial charge on any atom is -0.444 e. The number of hydrogen-bond acceptors (Lipinski definition) is 7. The second-order valence-electron chi connectivity index (χ2n) is 15.5. The average molecular weight is 680 g/mol. The molecule has 2 aromatic carbocycles. The monoisotopic (exact) mass is 679 g/mol. The SMILES string of the molecule is CC(C)(C)OC(=O)N[C@@H](CC(=O)N1CCCC(c2cc3cccc(F)c3n2C[C@H](O)CO)C1)Cc1ccc(B2OC(C)(C)C(C)(C)O2)cc1. The molecule has 2 fully saturated rings. The summed E-state index contributed by atoms with van der Waals surface area (Å²) in [7, 11) is -0.495. The first-order valence-corrected chi connectivity index (χ1v) is 17.2. The van der Waals surface area contributed by atoms with Gasteiger partial charge < -0.3 is 39.0 Å². The molecule has 1 unspecified atom stereocenters. The van der Waals surface area contributed by atoms with Crippen molar-refractivity contribution >= 4 is 35.5 Å². The molecule has 0 spiro atoms. The quantitative estimate of drug-likeness (QED) is 0.267. The highest BCUT2D eigenvalue weighted by atomic mass is 19.1. The van der Waals surface area contributed by atoms with Crippen molar-refractivity contribution in [3.63, 3.8) is 0 Å². The minimum atomic E-state index is -1.05. The third kappa shape index (κ3) is 8.65. The van der Waals surface area contributed by atoms with E-state index in [4.69, 9.17) is 14.0 Å². The predicted molar refractivity (Wildman–Crippen MR) is 187 cm³/mol. The first-order valence-electron chi connectivity index (χ1n) is 17.2. The number of carbonyl (C=O) groups is 2. The Kier molecular flexibility index (Phi) is 10.8. The van der Waals surface area contributed by atoms with Crippen molar-refractivity contribution in [1.82, 2.24) is 14.8 Å². The van der Waals surface area contributed by atoms with E-state index in [0.717, 1.165) is 29.6 Å². The van der Waals surface area contributed by atoms with Gasteiger partial charge in [-0.15, -0.1) is 0 Å². The fourth-order valence-electron chi connectivity index (χ4n) is 6.61. The molecule has 0 bridgehead atoms. The summed E-state index contributed by atoms with van der Waals surface area (Å²) in [6.07, 6.45) is 0.342. The van der Waals surface area contributed by atoms with Gasteiger partial charge in [0.25, 0.3) is 0 Å². The average Bonchev–Trinajstić information content (AvgIpc) is 3.49.